The van der Waals surface area contributed by atoms with Gasteiger partial charge < -0.3 is 15.0 Å². The molecule has 0 saturated carbocycles. The minimum Gasteiger partial charge on any atom is -0.452 e. The maximum absolute atomic E-state index is 12.4. The molecule has 2 N–H and O–H groups in total. The molecular weight excluding hydrogens is 380 g/mol. The number of benzene rings is 2. The number of rotatable bonds is 5. The van der Waals surface area contributed by atoms with Gasteiger partial charge in [-0.3, -0.25) is 4.79 Å². The summed E-state index contributed by atoms with van der Waals surface area (Å²) in [6.07, 6.45) is 0. The third-order valence-electron chi connectivity index (χ3n) is 4.98. The van der Waals surface area contributed by atoms with Crippen LogP contribution in [0.3, 0.4) is 0 Å². The number of hydrogen-bond acceptors (Lipinski definition) is 4. The normalized spacial score (nSPS) is 10.9. The van der Waals surface area contributed by atoms with Gasteiger partial charge in [-0.1, -0.05) is 18.2 Å². The van der Waals surface area contributed by atoms with Gasteiger partial charge in [-0.05, 0) is 56.7 Å². The van der Waals surface area contributed by atoms with Gasteiger partial charge in [0.1, 0.15) is 5.82 Å². The fourth-order valence-corrected chi connectivity index (χ4v) is 3.34. The third-order valence-corrected chi connectivity index (χ3v) is 4.98. The van der Waals surface area contributed by atoms with Gasteiger partial charge in [0, 0.05) is 22.7 Å². The lowest BCUT2D eigenvalue weighted by Gasteiger charge is -2.09. The van der Waals surface area contributed by atoms with Crippen LogP contribution in [0.5, 0.6) is 0 Å². The van der Waals surface area contributed by atoms with E-state index in [4.69, 9.17) is 4.74 Å². The Morgan fingerprint density at radius 3 is 2.60 bits per heavy atom. The summed E-state index contributed by atoms with van der Waals surface area (Å²) in [5.74, 6) is -0.465. The van der Waals surface area contributed by atoms with Crippen LogP contribution >= 0.6 is 0 Å². The quantitative estimate of drug-likeness (QED) is 0.493. The van der Waals surface area contributed by atoms with Crippen LogP contribution in [0.1, 0.15) is 27.3 Å². The van der Waals surface area contributed by atoms with Crippen LogP contribution in [-0.4, -0.2) is 33.2 Å². The topological polar surface area (TPSA) is 89.0 Å². The number of fused-ring (bicyclic) bond motifs is 1. The molecule has 0 fully saturated rings. The first-order valence-electron chi connectivity index (χ1n) is 9.60. The Morgan fingerprint density at radius 2 is 1.83 bits per heavy atom. The van der Waals surface area contributed by atoms with Crippen molar-refractivity contribution in [2.45, 2.75) is 20.8 Å². The summed E-state index contributed by atoms with van der Waals surface area (Å²) in [4.78, 5) is 28.1. The predicted octanol–water partition coefficient (Wildman–Crippen LogP) is 4.07. The fraction of sp³-hybridized carbons (Fsp3) is 0.174. The molecule has 2 aromatic carbocycles. The summed E-state index contributed by atoms with van der Waals surface area (Å²) in [6.45, 7) is 5.44. The summed E-state index contributed by atoms with van der Waals surface area (Å²) >= 11 is 0. The highest BCUT2D eigenvalue weighted by atomic mass is 16.5. The molecule has 4 rings (SSSR count). The Bertz CT molecular complexity index is 1240. The van der Waals surface area contributed by atoms with Crippen LogP contribution in [0.15, 0.2) is 54.6 Å². The average molecular weight is 402 g/mol. The van der Waals surface area contributed by atoms with Crippen LogP contribution < -0.4 is 5.32 Å². The molecule has 1 amide bonds. The number of amides is 1. The molecule has 2 heterocycles. The third kappa shape index (κ3) is 3.82. The number of carbonyl (C=O) groups excluding carboxylic acids is 2. The van der Waals surface area contributed by atoms with E-state index in [0.29, 0.717) is 11.4 Å². The van der Waals surface area contributed by atoms with Crippen molar-refractivity contribution in [1.29, 1.82) is 0 Å². The van der Waals surface area contributed by atoms with E-state index in [1.807, 2.05) is 57.2 Å². The number of aromatic amines is 1. The second kappa shape index (κ2) is 7.87. The molecule has 0 radical (unpaired) electrons. The van der Waals surface area contributed by atoms with Crippen molar-refractivity contribution in [1.82, 2.24) is 14.8 Å². The zero-order valence-electron chi connectivity index (χ0n) is 17.0. The van der Waals surface area contributed by atoms with Gasteiger partial charge in [-0.2, -0.15) is 5.10 Å². The van der Waals surface area contributed by atoms with Crippen LogP contribution in [0.2, 0.25) is 0 Å². The molecule has 0 aliphatic heterocycles. The predicted molar refractivity (Wildman–Crippen MR) is 115 cm³/mol. The molecule has 30 heavy (non-hydrogen) atoms. The van der Waals surface area contributed by atoms with E-state index in [9.17, 15) is 9.59 Å². The van der Waals surface area contributed by atoms with E-state index in [0.717, 1.165) is 33.5 Å². The monoisotopic (exact) mass is 402 g/mol. The largest absolute Gasteiger partial charge is 0.452 e. The second-order valence-electron chi connectivity index (χ2n) is 7.18. The molecule has 152 valence electrons. The molecule has 0 spiro atoms. The van der Waals surface area contributed by atoms with Gasteiger partial charge in [0.05, 0.1) is 16.9 Å². The van der Waals surface area contributed by atoms with Crippen molar-refractivity contribution in [2.24, 2.45) is 0 Å². The molecular formula is C23H22N4O3. The molecule has 0 bridgehead atoms. The molecule has 2 aromatic heterocycles. The Labute approximate surface area is 173 Å². The van der Waals surface area contributed by atoms with Crippen molar-refractivity contribution in [3.63, 3.8) is 0 Å². The molecule has 7 nitrogen and oxygen atoms in total. The number of aryl methyl sites for hydroxylation is 3. The number of ether oxygens (including phenoxy) is 1. The second-order valence-corrected chi connectivity index (χ2v) is 7.18. The van der Waals surface area contributed by atoms with E-state index in [-0.39, 0.29) is 6.61 Å². The van der Waals surface area contributed by atoms with Crippen LogP contribution in [-0.2, 0) is 9.53 Å². The van der Waals surface area contributed by atoms with Crippen molar-refractivity contribution in [3.05, 3.63) is 77.1 Å². The highest BCUT2D eigenvalue weighted by Gasteiger charge is 2.15. The summed E-state index contributed by atoms with van der Waals surface area (Å²) in [5, 5.41) is 8.13. The molecule has 0 saturated heterocycles. The molecule has 0 aliphatic carbocycles. The summed E-state index contributed by atoms with van der Waals surface area (Å²) < 4.78 is 6.86. The number of para-hydroxylation sites is 1. The van der Waals surface area contributed by atoms with Gasteiger partial charge in [0.2, 0.25) is 0 Å². The molecule has 0 aliphatic rings. The Kier molecular flexibility index (Phi) is 5.10. The molecule has 0 atom stereocenters. The fourth-order valence-electron chi connectivity index (χ4n) is 3.34. The number of nitrogens with zero attached hydrogens (tertiary/aromatic N) is 2. The van der Waals surface area contributed by atoms with Gasteiger partial charge in [0.15, 0.2) is 6.61 Å². The minimum absolute atomic E-state index is 0.388. The SMILES string of the molecule is Cc1cc(NC(=O)COC(=O)c2ccc3[nH]c(C)c(C)c3c2)n(-c2ccccc2)n1. The highest BCUT2D eigenvalue weighted by Crippen LogP contribution is 2.23. The Balaban J connectivity index is 1.43. The van der Waals surface area contributed by atoms with Crippen LogP contribution in [0, 0.1) is 20.8 Å². The van der Waals surface area contributed by atoms with Gasteiger partial charge >= 0.3 is 5.97 Å². The number of anilines is 1. The first-order valence-corrected chi connectivity index (χ1v) is 9.60. The Morgan fingerprint density at radius 1 is 1.07 bits per heavy atom. The van der Waals surface area contributed by atoms with Crippen LogP contribution in [0.4, 0.5) is 5.82 Å². The maximum atomic E-state index is 12.4. The number of hydrogen-bond donors (Lipinski definition) is 2. The highest BCUT2D eigenvalue weighted by molar-refractivity contribution is 5.98. The molecule has 4 aromatic rings. The van der Waals surface area contributed by atoms with Crippen molar-refractivity contribution in [2.75, 3.05) is 11.9 Å². The van der Waals surface area contributed by atoms with E-state index < -0.39 is 11.9 Å². The first kappa shape index (κ1) is 19.4. The first-order chi connectivity index (χ1) is 14.4. The number of carbonyl (C=O) groups is 2. The summed E-state index contributed by atoms with van der Waals surface area (Å²) in [7, 11) is 0. The lowest BCUT2D eigenvalue weighted by molar-refractivity contribution is -0.119. The van der Waals surface area contributed by atoms with E-state index in [2.05, 4.69) is 15.4 Å². The zero-order chi connectivity index (χ0) is 21.3. The van der Waals surface area contributed by atoms with E-state index in [1.54, 1.807) is 22.9 Å². The van der Waals surface area contributed by atoms with Crippen LogP contribution in [0.25, 0.3) is 16.6 Å². The number of H-pyrrole nitrogens is 1. The summed E-state index contributed by atoms with van der Waals surface area (Å²) in [6, 6.07) is 16.5. The average Bonchev–Trinajstić information content (AvgIpc) is 3.25. The van der Waals surface area contributed by atoms with Gasteiger partial charge in [0.25, 0.3) is 5.91 Å². The lowest BCUT2D eigenvalue weighted by Crippen LogP contribution is -2.22. The van der Waals surface area contributed by atoms with Crippen molar-refractivity contribution in [3.8, 4) is 5.69 Å². The number of aromatic nitrogens is 3. The van der Waals surface area contributed by atoms with Gasteiger partial charge in [-0.25, -0.2) is 9.48 Å². The van der Waals surface area contributed by atoms with Crippen molar-refractivity contribution >= 4 is 28.6 Å². The smallest absolute Gasteiger partial charge is 0.338 e. The minimum atomic E-state index is -0.543. The standard InChI is InChI=1S/C23H22N4O3/c1-14-11-21(27(26-14)18-7-5-4-6-8-18)25-22(28)13-30-23(29)17-9-10-20-19(12-17)15(2)16(3)24-20/h4-12,24H,13H2,1-3H3,(H,25,28). The Hall–Kier alpha value is -3.87. The van der Waals surface area contributed by atoms with Gasteiger partial charge in [-0.15, -0.1) is 0 Å². The summed E-state index contributed by atoms with van der Waals surface area (Å²) in [5.41, 5.74) is 5.09. The van der Waals surface area contributed by atoms with E-state index >= 15 is 0 Å². The van der Waals surface area contributed by atoms with E-state index in [1.165, 1.54) is 0 Å². The molecule has 7 heteroatoms. The van der Waals surface area contributed by atoms with Crippen molar-refractivity contribution < 1.29 is 14.3 Å². The molecule has 0 unspecified atom stereocenters. The number of nitrogens with one attached hydrogen (secondary N) is 2. The maximum Gasteiger partial charge on any atom is 0.338 e. The number of esters is 1. The zero-order valence-corrected chi connectivity index (χ0v) is 17.0. The lowest BCUT2D eigenvalue weighted by atomic mass is 10.1.